The van der Waals surface area contributed by atoms with Gasteiger partial charge < -0.3 is 10.6 Å². The summed E-state index contributed by atoms with van der Waals surface area (Å²) in [5.74, 6) is -0.508. The first-order valence-corrected chi connectivity index (χ1v) is 10.4. The molecule has 4 aromatic rings. The number of carbonyl (C=O) groups excluding carboxylic acids is 2. The molecule has 1 atom stereocenters. The Balaban J connectivity index is 1.42. The van der Waals surface area contributed by atoms with Crippen LogP contribution in [0.1, 0.15) is 28.9 Å². The van der Waals surface area contributed by atoms with Crippen molar-refractivity contribution in [2.24, 2.45) is 0 Å². The number of carbonyl (C=O) groups is 2. The summed E-state index contributed by atoms with van der Waals surface area (Å²) in [6.45, 7) is 1.97. The van der Waals surface area contributed by atoms with Crippen molar-refractivity contribution in [1.29, 1.82) is 0 Å². The van der Waals surface area contributed by atoms with Gasteiger partial charge in [0.25, 0.3) is 5.91 Å². The minimum Gasteiger partial charge on any atom is -0.345 e. The monoisotopic (exact) mass is 424 g/mol. The maximum atomic E-state index is 12.9. The number of amides is 2. The van der Waals surface area contributed by atoms with Crippen LogP contribution in [0.15, 0.2) is 97.2 Å². The summed E-state index contributed by atoms with van der Waals surface area (Å²) in [6, 6.07) is 28.2. The van der Waals surface area contributed by atoms with Gasteiger partial charge in [-0.3, -0.25) is 14.3 Å². The molecule has 0 aliphatic rings. The molecule has 1 unspecified atom stereocenters. The van der Waals surface area contributed by atoms with E-state index in [1.165, 1.54) is 0 Å². The zero-order valence-corrected chi connectivity index (χ0v) is 17.7. The molecule has 6 nitrogen and oxygen atoms in total. The van der Waals surface area contributed by atoms with Crippen molar-refractivity contribution in [1.82, 2.24) is 15.1 Å². The van der Waals surface area contributed by atoms with Crippen molar-refractivity contribution in [3.8, 4) is 11.3 Å². The van der Waals surface area contributed by atoms with Crippen LogP contribution in [-0.4, -0.2) is 21.6 Å². The Labute approximate surface area is 186 Å². The SMILES string of the molecule is CC(NC(=O)c1ccccc1NC(=O)Cn1ccc(-c2ccccc2)n1)c1ccccc1. The Kier molecular flexibility index (Phi) is 6.41. The van der Waals surface area contributed by atoms with Gasteiger partial charge >= 0.3 is 0 Å². The number of benzene rings is 3. The summed E-state index contributed by atoms with van der Waals surface area (Å²) in [5.41, 5.74) is 3.67. The first-order valence-electron chi connectivity index (χ1n) is 10.4. The second-order valence-electron chi connectivity index (χ2n) is 7.46. The highest BCUT2D eigenvalue weighted by molar-refractivity contribution is 6.03. The molecule has 0 spiro atoms. The second kappa shape index (κ2) is 9.75. The molecular weight excluding hydrogens is 400 g/mol. The Bertz CT molecular complexity index is 1200. The molecule has 0 bridgehead atoms. The average Bonchev–Trinajstić information content (AvgIpc) is 3.29. The Morgan fingerprint density at radius 2 is 1.53 bits per heavy atom. The van der Waals surface area contributed by atoms with Crippen molar-refractivity contribution in [2.75, 3.05) is 5.32 Å². The lowest BCUT2D eigenvalue weighted by Crippen LogP contribution is -2.28. The summed E-state index contributed by atoms with van der Waals surface area (Å²) in [4.78, 5) is 25.5. The molecule has 0 aliphatic heterocycles. The highest BCUT2D eigenvalue weighted by Gasteiger charge is 2.16. The molecule has 2 amide bonds. The predicted molar refractivity (Wildman–Crippen MR) is 125 cm³/mol. The quantitative estimate of drug-likeness (QED) is 0.452. The fraction of sp³-hybridized carbons (Fsp3) is 0.115. The van der Waals surface area contributed by atoms with Gasteiger partial charge in [-0.1, -0.05) is 72.8 Å². The van der Waals surface area contributed by atoms with Crippen molar-refractivity contribution >= 4 is 17.5 Å². The molecule has 6 heteroatoms. The Morgan fingerprint density at radius 1 is 0.875 bits per heavy atom. The number of nitrogens with one attached hydrogen (secondary N) is 2. The van der Waals surface area contributed by atoms with Crippen LogP contribution in [0, 0.1) is 0 Å². The number of para-hydroxylation sites is 1. The number of aromatic nitrogens is 2. The molecular formula is C26H24N4O2. The molecule has 3 aromatic carbocycles. The van der Waals surface area contributed by atoms with E-state index in [-0.39, 0.29) is 24.4 Å². The number of anilines is 1. The van der Waals surface area contributed by atoms with Gasteiger partial charge in [-0.2, -0.15) is 5.10 Å². The Morgan fingerprint density at radius 3 is 2.28 bits per heavy atom. The van der Waals surface area contributed by atoms with E-state index in [1.54, 1.807) is 35.1 Å². The summed E-state index contributed by atoms with van der Waals surface area (Å²) >= 11 is 0. The molecule has 0 fully saturated rings. The van der Waals surface area contributed by atoms with Gasteiger partial charge in [-0.15, -0.1) is 0 Å². The topological polar surface area (TPSA) is 76.0 Å². The van der Waals surface area contributed by atoms with Crippen LogP contribution in [0.4, 0.5) is 5.69 Å². The Hall–Kier alpha value is -4.19. The third kappa shape index (κ3) is 5.10. The van der Waals surface area contributed by atoms with Gasteiger partial charge in [-0.25, -0.2) is 0 Å². The fourth-order valence-corrected chi connectivity index (χ4v) is 3.44. The van der Waals surface area contributed by atoms with Crippen molar-refractivity contribution in [3.63, 3.8) is 0 Å². The smallest absolute Gasteiger partial charge is 0.253 e. The standard InChI is InChI=1S/C26H24N4O2/c1-19(20-10-4-2-5-11-20)27-26(32)22-14-8-9-15-24(22)28-25(31)18-30-17-16-23(29-30)21-12-6-3-7-13-21/h2-17,19H,18H2,1H3,(H,27,32)(H,28,31). The van der Waals surface area contributed by atoms with E-state index in [0.29, 0.717) is 11.3 Å². The van der Waals surface area contributed by atoms with E-state index < -0.39 is 0 Å². The third-order valence-electron chi connectivity index (χ3n) is 5.11. The number of nitrogens with zero attached hydrogens (tertiary/aromatic N) is 2. The largest absolute Gasteiger partial charge is 0.345 e. The highest BCUT2D eigenvalue weighted by atomic mass is 16.2. The molecule has 0 saturated carbocycles. The number of hydrogen-bond acceptors (Lipinski definition) is 3. The van der Waals surface area contributed by atoms with Crippen molar-refractivity contribution in [2.45, 2.75) is 19.5 Å². The van der Waals surface area contributed by atoms with Crippen LogP contribution < -0.4 is 10.6 Å². The average molecular weight is 425 g/mol. The maximum Gasteiger partial charge on any atom is 0.253 e. The maximum absolute atomic E-state index is 12.9. The van der Waals surface area contributed by atoms with Crippen LogP contribution in [0.2, 0.25) is 0 Å². The van der Waals surface area contributed by atoms with Crippen LogP contribution in [-0.2, 0) is 11.3 Å². The van der Waals surface area contributed by atoms with Gasteiger partial charge in [0.2, 0.25) is 5.91 Å². The van der Waals surface area contributed by atoms with Crippen LogP contribution >= 0.6 is 0 Å². The first kappa shape index (κ1) is 21.1. The molecule has 1 aromatic heterocycles. The van der Waals surface area contributed by atoms with E-state index in [1.807, 2.05) is 73.7 Å². The molecule has 1 heterocycles. The minimum absolute atomic E-state index is 0.0448. The van der Waals surface area contributed by atoms with Crippen molar-refractivity contribution < 1.29 is 9.59 Å². The zero-order valence-electron chi connectivity index (χ0n) is 17.7. The van der Waals surface area contributed by atoms with Crippen LogP contribution in [0.5, 0.6) is 0 Å². The molecule has 4 rings (SSSR count). The third-order valence-corrected chi connectivity index (χ3v) is 5.11. The zero-order chi connectivity index (χ0) is 22.3. The lowest BCUT2D eigenvalue weighted by Gasteiger charge is -2.16. The molecule has 0 radical (unpaired) electrons. The molecule has 32 heavy (non-hydrogen) atoms. The van der Waals surface area contributed by atoms with E-state index in [0.717, 1.165) is 16.8 Å². The predicted octanol–water partition coefficient (Wildman–Crippen LogP) is 4.68. The number of hydrogen-bond donors (Lipinski definition) is 2. The van der Waals surface area contributed by atoms with E-state index in [9.17, 15) is 9.59 Å². The van der Waals surface area contributed by atoms with Gasteiger partial charge in [-0.05, 0) is 30.7 Å². The molecule has 0 aliphatic carbocycles. The second-order valence-corrected chi connectivity index (χ2v) is 7.46. The van der Waals surface area contributed by atoms with Crippen molar-refractivity contribution in [3.05, 3.63) is 108 Å². The van der Waals surface area contributed by atoms with Gasteiger partial charge in [0, 0.05) is 11.8 Å². The molecule has 2 N–H and O–H groups in total. The fourth-order valence-electron chi connectivity index (χ4n) is 3.44. The lowest BCUT2D eigenvalue weighted by atomic mass is 10.1. The van der Waals surface area contributed by atoms with Gasteiger partial charge in [0.1, 0.15) is 6.54 Å². The number of rotatable bonds is 7. The summed E-state index contributed by atoms with van der Waals surface area (Å²) < 4.78 is 1.58. The summed E-state index contributed by atoms with van der Waals surface area (Å²) in [7, 11) is 0. The van der Waals surface area contributed by atoms with Crippen LogP contribution in [0.3, 0.4) is 0 Å². The normalized spacial score (nSPS) is 11.5. The van der Waals surface area contributed by atoms with E-state index in [2.05, 4.69) is 15.7 Å². The van der Waals surface area contributed by atoms with E-state index >= 15 is 0 Å². The van der Waals surface area contributed by atoms with Gasteiger partial charge in [0.05, 0.1) is 23.0 Å². The summed E-state index contributed by atoms with van der Waals surface area (Å²) in [6.07, 6.45) is 1.77. The van der Waals surface area contributed by atoms with Gasteiger partial charge in [0.15, 0.2) is 0 Å². The minimum atomic E-state index is -0.260. The lowest BCUT2D eigenvalue weighted by molar-refractivity contribution is -0.116. The molecule has 0 saturated heterocycles. The highest BCUT2D eigenvalue weighted by Crippen LogP contribution is 2.19. The molecule has 160 valence electrons. The summed E-state index contributed by atoms with van der Waals surface area (Å²) in [5, 5.41) is 10.3. The van der Waals surface area contributed by atoms with E-state index in [4.69, 9.17) is 0 Å². The first-order chi connectivity index (χ1) is 15.6. The van der Waals surface area contributed by atoms with Crippen LogP contribution in [0.25, 0.3) is 11.3 Å².